The van der Waals surface area contributed by atoms with Crippen molar-refractivity contribution in [1.29, 1.82) is 0 Å². The van der Waals surface area contributed by atoms with Crippen LogP contribution in [-0.4, -0.2) is 62.0 Å². The number of rotatable bonds is 9. The van der Waals surface area contributed by atoms with Crippen LogP contribution in [0.1, 0.15) is 19.8 Å². The lowest BCUT2D eigenvalue weighted by Gasteiger charge is -2.23. The average Bonchev–Trinajstić information content (AvgIpc) is 3.00. The largest absolute Gasteiger partial charge is 0.508 e. The van der Waals surface area contributed by atoms with Gasteiger partial charge in [-0.3, -0.25) is 0 Å². The van der Waals surface area contributed by atoms with Crippen molar-refractivity contribution in [1.82, 2.24) is 0 Å². The SMILES string of the molecule is CCCOC(=O)OCCCOC(=O)OCC1(CO)CSSC1. The summed E-state index contributed by atoms with van der Waals surface area (Å²) in [6, 6.07) is 0. The lowest BCUT2D eigenvalue weighted by molar-refractivity contribution is 0.0127. The van der Waals surface area contributed by atoms with Crippen molar-refractivity contribution >= 4 is 33.9 Å². The molecule has 0 unspecified atom stereocenters. The predicted octanol–water partition coefficient (Wildman–Crippen LogP) is 2.47. The Balaban J connectivity index is 2.03. The molecule has 7 nitrogen and oxygen atoms in total. The fourth-order valence-corrected chi connectivity index (χ4v) is 4.80. The Labute approximate surface area is 137 Å². The molecule has 128 valence electrons. The second kappa shape index (κ2) is 10.8. The smallest absolute Gasteiger partial charge is 0.434 e. The first-order chi connectivity index (χ1) is 10.6. The zero-order valence-corrected chi connectivity index (χ0v) is 14.2. The molecular weight excluding hydrogens is 332 g/mol. The summed E-state index contributed by atoms with van der Waals surface area (Å²) in [5, 5.41) is 9.37. The van der Waals surface area contributed by atoms with Crippen LogP contribution in [0.3, 0.4) is 0 Å². The second-order valence-electron chi connectivity index (χ2n) is 4.87. The van der Waals surface area contributed by atoms with Gasteiger partial charge in [-0.05, 0) is 6.42 Å². The van der Waals surface area contributed by atoms with Crippen molar-refractivity contribution in [2.24, 2.45) is 5.41 Å². The average molecular weight is 354 g/mol. The van der Waals surface area contributed by atoms with Gasteiger partial charge in [0.25, 0.3) is 0 Å². The summed E-state index contributed by atoms with van der Waals surface area (Å²) in [6.45, 7) is 2.54. The Morgan fingerprint density at radius 3 is 2.09 bits per heavy atom. The third-order valence-electron chi connectivity index (χ3n) is 2.80. The minimum atomic E-state index is -0.775. The maximum atomic E-state index is 11.4. The molecule has 0 atom stereocenters. The third-order valence-corrected chi connectivity index (χ3v) is 5.63. The molecule has 22 heavy (non-hydrogen) atoms. The molecular formula is C13H22O7S2. The van der Waals surface area contributed by atoms with Gasteiger partial charge in [0.1, 0.15) is 6.61 Å². The molecule has 9 heteroatoms. The summed E-state index contributed by atoms with van der Waals surface area (Å²) in [5.74, 6) is 1.49. The first kappa shape index (κ1) is 19.2. The number of ether oxygens (including phenoxy) is 4. The van der Waals surface area contributed by atoms with Crippen molar-refractivity contribution in [3.05, 3.63) is 0 Å². The number of carbonyl (C=O) groups excluding carboxylic acids is 2. The summed E-state index contributed by atoms with van der Waals surface area (Å²) in [4.78, 5) is 22.4. The summed E-state index contributed by atoms with van der Waals surface area (Å²) < 4.78 is 19.4. The van der Waals surface area contributed by atoms with Gasteiger partial charge in [0, 0.05) is 23.3 Å². The second-order valence-corrected chi connectivity index (χ2v) is 7.33. The molecule has 0 radical (unpaired) electrons. The van der Waals surface area contributed by atoms with E-state index in [2.05, 4.69) is 0 Å². The van der Waals surface area contributed by atoms with Gasteiger partial charge in [-0.2, -0.15) is 0 Å². The van der Waals surface area contributed by atoms with E-state index in [0.717, 1.165) is 17.9 Å². The van der Waals surface area contributed by atoms with Crippen LogP contribution in [0.25, 0.3) is 0 Å². The van der Waals surface area contributed by atoms with Crippen LogP contribution in [-0.2, 0) is 18.9 Å². The molecule has 0 aromatic rings. The Bertz CT molecular complexity index is 345. The van der Waals surface area contributed by atoms with Crippen molar-refractivity contribution in [2.45, 2.75) is 19.8 Å². The number of carbonyl (C=O) groups is 2. The fraction of sp³-hybridized carbons (Fsp3) is 0.846. The van der Waals surface area contributed by atoms with E-state index in [4.69, 9.17) is 18.9 Å². The van der Waals surface area contributed by atoms with Crippen LogP contribution in [0, 0.1) is 5.41 Å². The summed E-state index contributed by atoms with van der Waals surface area (Å²) in [7, 11) is 3.31. The van der Waals surface area contributed by atoms with Crippen LogP contribution in [0.2, 0.25) is 0 Å². The first-order valence-electron chi connectivity index (χ1n) is 7.06. The molecule has 0 saturated carbocycles. The van der Waals surface area contributed by atoms with Crippen LogP contribution >= 0.6 is 21.6 Å². The van der Waals surface area contributed by atoms with Gasteiger partial charge in [0.05, 0.1) is 26.4 Å². The lowest BCUT2D eigenvalue weighted by atomic mass is 9.96. The molecule has 1 N–H and O–H groups in total. The minimum Gasteiger partial charge on any atom is -0.434 e. The molecule has 0 aromatic heterocycles. The van der Waals surface area contributed by atoms with Gasteiger partial charge in [-0.15, -0.1) is 0 Å². The van der Waals surface area contributed by atoms with Crippen LogP contribution < -0.4 is 0 Å². The Kier molecular flexibility index (Phi) is 9.49. The predicted molar refractivity (Wildman–Crippen MR) is 83.9 cm³/mol. The van der Waals surface area contributed by atoms with Gasteiger partial charge in [-0.1, -0.05) is 28.5 Å². The Morgan fingerprint density at radius 2 is 1.55 bits per heavy atom. The number of aliphatic hydroxyl groups excluding tert-OH is 1. The highest BCUT2D eigenvalue weighted by Crippen LogP contribution is 2.43. The zero-order chi connectivity index (χ0) is 16.3. The van der Waals surface area contributed by atoms with Gasteiger partial charge >= 0.3 is 12.3 Å². The Morgan fingerprint density at radius 1 is 1.00 bits per heavy atom. The zero-order valence-electron chi connectivity index (χ0n) is 12.6. The topological polar surface area (TPSA) is 91.3 Å². The molecule has 0 bridgehead atoms. The van der Waals surface area contributed by atoms with Crippen LogP contribution in [0.4, 0.5) is 9.59 Å². The molecule has 1 aliphatic rings. The number of aliphatic hydroxyl groups is 1. The van der Waals surface area contributed by atoms with E-state index < -0.39 is 12.3 Å². The highest BCUT2D eigenvalue weighted by molar-refractivity contribution is 8.77. The van der Waals surface area contributed by atoms with E-state index in [1.54, 1.807) is 21.6 Å². The first-order valence-corrected chi connectivity index (χ1v) is 9.55. The molecule has 1 fully saturated rings. The van der Waals surface area contributed by atoms with E-state index in [1.807, 2.05) is 6.92 Å². The number of hydrogen-bond donors (Lipinski definition) is 1. The normalized spacial score (nSPS) is 16.1. The van der Waals surface area contributed by atoms with E-state index in [9.17, 15) is 14.7 Å². The van der Waals surface area contributed by atoms with E-state index >= 15 is 0 Å². The lowest BCUT2D eigenvalue weighted by Crippen LogP contribution is -2.34. The quantitative estimate of drug-likeness (QED) is 0.381. The van der Waals surface area contributed by atoms with Crippen molar-refractivity contribution in [3.8, 4) is 0 Å². The van der Waals surface area contributed by atoms with Gasteiger partial charge in [0.2, 0.25) is 0 Å². The van der Waals surface area contributed by atoms with E-state index in [-0.39, 0.29) is 31.8 Å². The Hall–Kier alpha value is -0.800. The molecule has 0 spiro atoms. The fourth-order valence-electron chi connectivity index (χ4n) is 1.45. The van der Waals surface area contributed by atoms with Gasteiger partial charge < -0.3 is 24.1 Å². The molecule has 1 rings (SSSR count). The summed E-state index contributed by atoms with van der Waals surface area (Å²) >= 11 is 0. The maximum absolute atomic E-state index is 11.4. The molecule has 1 saturated heterocycles. The standard InChI is InChI=1S/C13H22O7S2/c1-2-4-17-11(15)18-5-3-6-19-12(16)20-8-13(7-14)9-21-22-10-13/h14H,2-10H2,1H3. The van der Waals surface area contributed by atoms with Crippen LogP contribution in [0.15, 0.2) is 0 Å². The van der Waals surface area contributed by atoms with Crippen molar-refractivity contribution < 1.29 is 33.6 Å². The number of hydrogen-bond acceptors (Lipinski definition) is 9. The summed E-state index contributed by atoms with van der Waals surface area (Å²) in [6.07, 6.45) is -0.391. The minimum absolute atomic E-state index is 0.0198. The maximum Gasteiger partial charge on any atom is 0.508 e. The van der Waals surface area contributed by atoms with Gasteiger partial charge in [0.15, 0.2) is 0 Å². The third kappa shape index (κ3) is 7.46. The van der Waals surface area contributed by atoms with Crippen molar-refractivity contribution in [2.75, 3.05) is 44.5 Å². The monoisotopic (exact) mass is 354 g/mol. The van der Waals surface area contributed by atoms with E-state index in [0.29, 0.717) is 13.0 Å². The highest BCUT2D eigenvalue weighted by Gasteiger charge is 2.36. The molecule has 0 aliphatic carbocycles. The highest BCUT2D eigenvalue weighted by atomic mass is 33.1. The van der Waals surface area contributed by atoms with E-state index in [1.165, 1.54) is 0 Å². The van der Waals surface area contributed by atoms with Crippen LogP contribution in [0.5, 0.6) is 0 Å². The van der Waals surface area contributed by atoms with Gasteiger partial charge in [-0.25, -0.2) is 9.59 Å². The molecule has 0 amide bonds. The molecule has 0 aromatic carbocycles. The molecule has 1 aliphatic heterocycles. The summed E-state index contributed by atoms with van der Waals surface area (Å²) in [5.41, 5.74) is -0.375. The van der Waals surface area contributed by atoms with Crippen molar-refractivity contribution in [3.63, 3.8) is 0 Å². The molecule has 1 heterocycles.